The van der Waals surface area contributed by atoms with E-state index in [4.69, 9.17) is 14.5 Å². The molecule has 6 rings (SSSR count). The van der Waals surface area contributed by atoms with Crippen molar-refractivity contribution in [2.45, 2.75) is 147 Å². The highest BCUT2D eigenvalue weighted by Gasteiger charge is 2.52. The molecule has 3 N–H and O–H groups in total. The van der Waals surface area contributed by atoms with E-state index in [-0.39, 0.29) is 42.0 Å². The molecule has 2 aliphatic carbocycles. The highest BCUT2D eigenvalue weighted by Crippen LogP contribution is 2.47. The molecular formula is C42H63N5O6S. The lowest BCUT2D eigenvalue weighted by Crippen LogP contribution is -2.55. The molecule has 3 heterocycles. The van der Waals surface area contributed by atoms with Crippen LogP contribution in [-0.4, -0.2) is 82.2 Å². The van der Waals surface area contributed by atoms with Gasteiger partial charge in [0.25, 0.3) is 5.91 Å². The van der Waals surface area contributed by atoms with Crippen molar-refractivity contribution in [3.63, 3.8) is 0 Å². The number of methoxy groups -OCH3 is 1. The van der Waals surface area contributed by atoms with Gasteiger partial charge in [-0.15, -0.1) is 0 Å². The molecular weight excluding hydrogens is 703 g/mol. The number of nitrogens with one attached hydrogen (secondary N) is 3. The SMILES string of the molecule is CC.CCCCC/C=C\[C@H](C)C(NC(=O)C1C[C@]2(CCc3c(c(C)nc4ccccc34)O2)CN1C(=O)CNC=O)C(=O)NSC1(C)CC1.COC1(C)CC1. The monoisotopic (exact) mass is 765 g/mol. The molecule has 2 unspecified atom stereocenters. The van der Waals surface area contributed by atoms with Crippen molar-refractivity contribution in [3.8, 4) is 5.75 Å². The van der Waals surface area contributed by atoms with Gasteiger partial charge >= 0.3 is 0 Å². The highest BCUT2D eigenvalue weighted by molar-refractivity contribution is 7.99. The van der Waals surface area contributed by atoms with Crippen LogP contribution in [0.25, 0.3) is 10.9 Å². The van der Waals surface area contributed by atoms with Gasteiger partial charge in [-0.25, -0.2) is 4.98 Å². The Morgan fingerprint density at radius 3 is 2.46 bits per heavy atom. The van der Waals surface area contributed by atoms with E-state index >= 15 is 0 Å². The van der Waals surface area contributed by atoms with Gasteiger partial charge in [-0.2, -0.15) is 0 Å². The number of hydrogen-bond acceptors (Lipinski definition) is 8. The number of allylic oxidation sites excluding steroid dienone is 1. The minimum absolute atomic E-state index is 0.0308. The molecule has 1 aromatic carbocycles. The number of likely N-dealkylation sites (tertiary alicyclic amines) is 1. The lowest BCUT2D eigenvalue weighted by molar-refractivity contribution is -0.139. The summed E-state index contributed by atoms with van der Waals surface area (Å²) in [7, 11) is 1.77. The molecule has 0 radical (unpaired) electrons. The highest BCUT2D eigenvalue weighted by atomic mass is 32.2. The summed E-state index contributed by atoms with van der Waals surface area (Å²) in [6, 6.07) is 6.28. The fraction of sp³-hybridized carbons (Fsp3) is 0.643. The molecule has 4 amide bonds. The smallest absolute Gasteiger partial charge is 0.252 e. The fourth-order valence-electron chi connectivity index (χ4n) is 6.85. The van der Waals surface area contributed by atoms with Crippen molar-refractivity contribution < 1.29 is 28.7 Å². The summed E-state index contributed by atoms with van der Waals surface area (Å²) in [4.78, 5) is 58.4. The number of carbonyl (C=O) groups is 4. The molecule has 12 heteroatoms. The standard InChI is InChI=1S/C35H47N5O5S.C5H10O.C2H6/c1-5-6-7-8-9-12-23(2)30(33(44)39-46-34(4)17-18-34)38-32(43)28-19-35(21-40(28)29(42)20-36-22-41)16-15-26-25-13-10-11-14-27(25)37-24(3)31(26)45-35;1-5(6-2)3-4-5;1-2/h9-14,22-23,28,30H,5-8,15-21H2,1-4H3,(H,36,41)(H,38,43)(H,39,44);3-4H2,1-2H3;1-2H3/b12-9-;;/t23-,28?,30?,35+;;/m0../s1. The lowest BCUT2D eigenvalue weighted by Gasteiger charge is -2.36. The van der Waals surface area contributed by atoms with Crippen LogP contribution in [0.3, 0.4) is 0 Å². The maximum atomic E-state index is 14.1. The van der Waals surface area contributed by atoms with Crippen molar-refractivity contribution in [2.24, 2.45) is 5.92 Å². The average Bonchev–Trinajstić information content (AvgIpc) is 4.09. The first kappa shape index (κ1) is 43.1. The number of rotatable bonds is 15. The van der Waals surface area contributed by atoms with E-state index in [0.29, 0.717) is 30.6 Å². The summed E-state index contributed by atoms with van der Waals surface area (Å²) in [5.41, 5.74) is 2.24. The van der Waals surface area contributed by atoms with Crippen molar-refractivity contribution in [1.29, 1.82) is 0 Å². The first-order chi connectivity index (χ1) is 25.9. The summed E-state index contributed by atoms with van der Waals surface area (Å²) >= 11 is 1.41. The molecule has 54 heavy (non-hydrogen) atoms. The molecule has 298 valence electrons. The van der Waals surface area contributed by atoms with Gasteiger partial charge < -0.3 is 25.0 Å². The molecule has 2 aromatic rings. The van der Waals surface area contributed by atoms with Gasteiger partial charge in [0.2, 0.25) is 18.2 Å². The number of pyridine rings is 1. The van der Waals surface area contributed by atoms with Gasteiger partial charge in [-0.05, 0) is 90.2 Å². The number of amides is 4. The van der Waals surface area contributed by atoms with E-state index < -0.39 is 23.6 Å². The van der Waals surface area contributed by atoms with Crippen molar-refractivity contribution in [2.75, 3.05) is 20.2 Å². The van der Waals surface area contributed by atoms with Crippen LogP contribution in [0.15, 0.2) is 36.4 Å². The van der Waals surface area contributed by atoms with Gasteiger partial charge in [-0.1, -0.05) is 70.9 Å². The molecule has 1 aromatic heterocycles. The summed E-state index contributed by atoms with van der Waals surface area (Å²) in [5.74, 6) is -0.618. The Kier molecular flexibility index (Phi) is 15.4. The number of carbonyl (C=O) groups excluding carboxylic acids is 4. The van der Waals surface area contributed by atoms with E-state index in [1.54, 1.807) is 7.11 Å². The molecule has 1 spiro atoms. The van der Waals surface area contributed by atoms with Crippen LogP contribution >= 0.6 is 11.9 Å². The van der Waals surface area contributed by atoms with E-state index in [0.717, 1.165) is 60.7 Å². The molecule has 2 aliphatic heterocycles. The number of benzene rings is 1. The van der Waals surface area contributed by atoms with E-state index in [1.807, 2.05) is 58.0 Å². The average molecular weight is 766 g/mol. The summed E-state index contributed by atoms with van der Waals surface area (Å²) < 4.78 is 14.8. The number of para-hydroxylation sites is 1. The zero-order valence-electron chi connectivity index (χ0n) is 33.7. The molecule has 4 atom stereocenters. The fourth-order valence-corrected chi connectivity index (χ4v) is 7.63. The Labute approximate surface area is 326 Å². The van der Waals surface area contributed by atoms with Crippen LogP contribution in [0, 0.1) is 12.8 Å². The van der Waals surface area contributed by atoms with E-state index in [9.17, 15) is 19.2 Å². The molecule has 1 saturated heterocycles. The Hall–Kier alpha value is -3.64. The maximum absolute atomic E-state index is 14.1. The second kappa shape index (κ2) is 19.3. The van der Waals surface area contributed by atoms with Crippen LogP contribution in [0.1, 0.15) is 117 Å². The van der Waals surface area contributed by atoms with Crippen LogP contribution < -0.4 is 20.1 Å². The van der Waals surface area contributed by atoms with Crippen LogP contribution in [0.5, 0.6) is 5.75 Å². The molecule has 2 saturated carbocycles. The van der Waals surface area contributed by atoms with Gasteiger partial charge in [0.1, 0.15) is 23.4 Å². The lowest BCUT2D eigenvalue weighted by atomic mass is 9.87. The van der Waals surface area contributed by atoms with Crippen LogP contribution in [-0.2, 0) is 30.3 Å². The van der Waals surface area contributed by atoms with Gasteiger partial charge in [-0.3, -0.25) is 23.9 Å². The Morgan fingerprint density at radius 1 is 1.11 bits per heavy atom. The molecule has 4 aliphatic rings. The summed E-state index contributed by atoms with van der Waals surface area (Å²) in [6.45, 7) is 14.2. The van der Waals surface area contributed by atoms with Gasteiger partial charge in [0, 0.05) is 35.1 Å². The largest absolute Gasteiger partial charge is 0.483 e. The summed E-state index contributed by atoms with van der Waals surface area (Å²) in [5, 5.41) is 6.50. The quantitative estimate of drug-likeness (QED) is 0.0785. The number of aromatic nitrogens is 1. The number of nitrogens with zero attached hydrogens (tertiary/aromatic N) is 2. The normalized spacial score (nSPS) is 22.4. The zero-order chi connectivity index (χ0) is 39.5. The minimum Gasteiger partial charge on any atom is -0.483 e. The van der Waals surface area contributed by atoms with E-state index in [2.05, 4.69) is 42.2 Å². The predicted octanol–water partition coefficient (Wildman–Crippen LogP) is 6.74. The molecule has 0 bridgehead atoms. The van der Waals surface area contributed by atoms with E-state index in [1.165, 1.54) is 29.7 Å². The number of unbranched alkanes of at least 4 members (excludes halogenated alkanes) is 3. The Morgan fingerprint density at radius 2 is 1.83 bits per heavy atom. The van der Waals surface area contributed by atoms with Crippen molar-refractivity contribution in [1.82, 2.24) is 25.2 Å². The third kappa shape index (κ3) is 11.2. The van der Waals surface area contributed by atoms with Gasteiger partial charge in [0.05, 0.1) is 29.9 Å². The van der Waals surface area contributed by atoms with Crippen LogP contribution in [0.4, 0.5) is 0 Å². The molecule has 3 fully saturated rings. The Bertz CT molecular complexity index is 1640. The van der Waals surface area contributed by atoms with Crippen LogP contribution in [0.2, 0.25) is 0 Å². The second-order valence-corrected chi connectivity index (χ2v) is 16.9. The van der Waals surface area contributed by atoms with Crippen molar-refractivity contribution in [3.05, 3.63) is 47.7 Å². The zero-order valence-corrected chi connectivity index (χ0v) is 34.5. The second-order valence-electron chi connectivity index (χ2n) is 15.5. The minimum atomic E-state index is -0.874. The topological polar surface area (TPSA) is 139 Å². The van der Waals surface area contributed by atoms with Crippen molar-refractivity contribution >= 4 is 47.0 Å². The Balaban J connectivity index is 0.000000729. The number of aryl methyl sites for hydroxylation is 2. The third-order valence-corrected chi connectivity index (χ3v) is 12.2. The third-order valence-electron chi connectivity index (χ3n) is 10.9. The van der Waals surface area contributed by atoms with Gasteiger partial charge in [0.15, 0.2) is 0 Å². The predicted molar refractivity (Wildman–Crippen MR) is 216 cm³/mol. The summed E-state index contributed by atoms with van der Waals surface area (Å²) in [6.07, 6.45) is 15.0. The number of ether oxygens (including phenoxy) is 2. The number of fused-ring (bicyclic) bond motifs is 3. The number of hydrogen-bond donors (Lipinski definition) is 3. The molecule has 11 nitrogen and oxygen atoms in total. The maximum Gasteiger partial charge on any atom is 0.252 e. The first-order valence-electron chi connectivity index (χ1n) is 19.9. The first-order valence-corrected chi connectivity index (χ1v) is 20.7.